The summed E-state index contributed by atoms with van der Waals surface area (Å²) >= 11 is 0. The van der Waals surface area contributed by atoms with Crippen LogP contribution in [0.3, 0.4) is 0 Å². The second kappa shape index (κ2) is 8.99. The van der Waals surface area contributed by atoms with E-state index in [1.54, 1.807) is 30.1 Å². The number of carbonyl (C=O) groups is 1. The number of aliphatic hydroxyl groups is 1. The maximum absolute atomic E-state index is 13.5. The van der Waals surface area contributed by atoms with Gasteiger partial charge < -0.3 is 14.7 Å². The highest BCUT2D eigenvalue weighted by atomic mass is 19.1. The normalized spacial score (nSPS) is 21.5. The minimum atomic E-state index is -0.403. The summed E-state index contributed by atoms with van der Waals surface area (Å²) in [6.45, 7) is 3.10. The summed E-state index contributed by atoms with van der Waals surface area (Å²) in [5.41, 5.74) is 0. The average Bonchev–Trinajstić information content (AvgIpc) is 2.58. The Morgan fingerprint density at radius 2 is 2.17 bits per heavy atom. The fourth-order valence-electron chi connectivity index (χ4n) is 3.08. The van der Waals surface area contributed by atoms with E-state index in [1.165, 1.54) is 6.07 Å². The maximum atomic E-state index is 13.5. The zero-order chi connectivity index (χ0) is 17.5. The molecule has 1 aromatic rings. The molecule has 1 aliphatic rings. The molecule has 0 radical (unpaired) electrons. The number of rotatable bonds is 7. The molecule has 1 N–H and O–H groups in total. The first kappa shape index (κ1) is 18.7. The number of amides is 1. The Morgan fingerprint density at radius 1 is 1.42 bits per heavy atom. The average molecular weight is 338 g/mol. The van der Waals surface area contributed by atoms with Crippen LogP contribution in [-0.2, 0) is 4.79 Å². The van der Waals surface area contributed by atoms with Crippen LogP contribution in [0.25, 0.3) is 0 Å². The molecule has 0 bridgehead atoms. The van der Waals surface area contributed by atoms with E-state index >= 15 is 0 Å². The van der Waals surface area contributed by atoms with Crippen LogP contribution in [0.5, 0.6) is 5.75 Å². The zero-order valence-corrected chi connectivity index (χ0v) is 14.4. The molecule has 24 heavy (non-hydrogen) atoms. The minimum Gasteiger partial charge on any atom is -0.489 e. The third-order valence-electron chi connectivity index (χ3n) is 4.67. The molecule has 134 valence electrons. The van der Waals surface area contributed by atoms with Crippen molar-refractivity contribution >= 4 is 5.91 Å². The predicted octanol–water partition coefficient (Wildman–Crippen LogP) is 1.90. The Morgan fingerprint density at radius 3 is 2.88 bits per heavy atom. The summed E-state index contributed by atoms with van der Waals surface area (Å²) in [7, 11) is 1.72. The Hall–Kier alpha value is -1.66. The Labute approximate surface area is 143 Å². The zero-order valence-electron chi connectivity index (χ0n) is 14.4. The molecular formula is C18H27FN2O3. The quantitative estimate of drug-likeness (QED) is 0.825. The molecule has 0 spiro atoms. The van der Waals surface area contributed by atoms with Gasteiger partial charge in [-0.05, 0) is 31.9 Å². The lowest BCUT2D eigenvalue weighted by atomic mass is 9.97. The number of para-hydroxylation sites is 1. The van der Waals surface area contributed by atoms with Crippen LogP contribution >= 0.6 is 0 Å². The fraction of sp³-hybridized carbons (Fsp3) is 0.611. The number of ether oxygens (including phenoxy) is 1. The molecule has 0 aliphatic carbocycles. The van der Waals surface area contributed by atoms with E-state index in [9.17, 15) is 14.3 Å². The van der Waals surface area contributed by atoms with E-state index in [-0.39, 0.29) is 30.9 Å². The number of piperidine rings is 1. The van der Waals surface area contributed by atoms with Crippen molar-refractivity contribution in [3.8, 4) is 5.75 Å². The van der Waals surface area contributed by atoms with Gasteiger partial charge >= 0.3 is 0 Å². The number of likely N-dealkylation sites (N-methyl/N-ethyl adjacent to an activating group) is 1. The van der Waals surface area contributed by atoms with Crippen molar-refractivity contribution in [2.24, 2.45) is 0 Å². The van der Waals surface area contributed by atoms with Crippen LogP contribution in [-0.4, -0.2) is 66.2 Å². The molecule has 2 unspecified atom stereocenters. The fourth-order valence-corrected chi connectivity index (χ4v) is 3.08. The van der Waals surface area contributed by atoms with E-state index in [0.29, 0.717) is 19.1 Å². The van der Waals surface area contributed by atoms with Gasteiger partial charge in [0.1, 0.15) is 6.61 Å². The van der Waals surface area contributed by atoms with Gasteiger partial charge in [0, 0.05) is 19.1 Å². The Balaban J connectivity index is 1.80. The number of nitrogens with zero attached hydrogens (tertiary/aromatic N) is 2. The molecule has 5 nitrogen and oxygen atoms in total. The highest BCUT2D eigenvalue weighted by molar-refractivity contribution is 5.78. The molecule has 0 saturated carbocycles. The van der Waals surface area contributed by atoms with Gasteiger partial charge in [-0.2, -0.15) is 0 Å². The van der Waals surface area contributed by atoms with Crippen molar-refractivity contribution in [2.45, 2.75) is 38.3 Å². The SMILES string of the molecule is CC1CCCC(CO)N1CC(=O)N(C)CCOc1ccccc1F. The maximum Gasteiger partial charge on any atom is 0.236 e. The molecule has 1 aliphatic heterocycles. The smallest absolute Gasteiger partial charge is 0.236 e. The van der Waals surface area contributed by atoms with Gasteiger partial charge in [-0.1, -0.05) is 18.6 Å². The van der Waals surface area contributed by atoms with Crippen molar-refractivity contribution in [3.63, 3.8) is 0 Å². The lowest BCUT2D eigenvalue weighted by Gasteiger charge is -2.40. The molecule has 1 fully saturated rings. The summed E-state index contributed by atoms with van der Waals surface area (Å²) < 4.78 is 18.9. The number of benzene rings is 1. The second-order valence-corrected chi connectivity index (χ2v) is 6.38. The van der Waals surface area contributed by atoms with Crippen molar-refractivity contribution in [3.05, 3.63) is 30.1 Å². The largest absolute Gasteiger partial charge is 0.489 e. The van der Waals surface area contributed by atoms with E-state index in [4.69, 9.17) is 4.74 Å². The van der Waals surface area contributed by atoms with Gasteiger partial charge in [0.2, 0.25) is 5.91 Å². The highest BCUT2D eigenvalue weighted by Gasteiger charge is 2.29. The van der Waals surface area contributed by atoms with E-state index in [0.717, 1.165) is 19.3 Å². The molecule has 2 rings (SSSR count). The Kier molecular flexibility index (Phi) is 6.99. The van der Waals surface area contributed by atoms with Crippen molar-refractivity contribution in [2.75, 3.05) is 33.4 Å². The first-order valence-electron chi connectivity index (χ1n) is 8.50. The molecule has 1 saturated heterocycles. The molecule has 6 heteroatoms. The summed E-state index contributed by atoms with van der Waals surface area (Å²) in [6.07, 6.45) is 3.06. The van der Waals surface area contributed by atoms with Gasteiger partial charge in [0.15, 0.2) is 11.6 Å². The van der Waals surface area contributed by atoms with Crippen LogP contribution in [0.1, 0.15) is 26.2 Å². The number of hydrogen-bond donors (Lipinski definition) is 1. The lowest BCUT2D eigenvalue weighted by molar-refractivity contribution is -0.133. The molecule has 2 atom stereocenters. The van der Waals surface area contributed by atoms with Crippen molar-refractivity contribution in [1.82, 2.24) is 9.80 Å². The van der Waals surface area contributed by atoms with Gasteiger partial charge in [-0.25, -0.2) is 4.39 Å². The van der Waals surface area contributed by atoms with Crippen LogP contribution < -0.4 is 4.74 Å². The Bertz CT molecular complexity index is 541. The van der Waals surface area contributed by atoms with Crippen LogP contribution in [0.15, 0.2) is 24.3 Å². The van der Waals surface area contributed by atoms with Gasteiger partial charge in [-0.3, -0.25) is 9.69 Å². The van der Waals surface area contributed by atoms with E-state index < -0.39 is 5.82 Å². The van der Waals surface area contributed by atoms with Crippen molar-refractivity contribution in [1.29, 1.82) is 0 Å². The standard InChI is InChI=1S/C18H27FN2O3/c1-14-6-5-7-15(13-22)21(14)12-18(23)20(2)10-11-24-17-9-4-3-8-16(17)19/h3-4,8-9,14-15,22H,5-7,10-13H2,1-2H3. The van der Waals surface area contributed by atoms with Gasteiger partial charge in [0.05, 0.1) is 19.7 Å². The number of hydrogen-bond acceptors (Lipinski definition) is 4. The van der Waals surface area contributed by atoms with Gasteiger partial charge in [0.25, 0.3) is 0 Å². The van der Waals surface area contributed by atoms with Crippen molar-refractivity contribution < 1.29 is 19.0 Å². The molecular weight excluding hydrogens is 311 g/mol. The minimum absolute atomic E-state index is 0.0145. The predicted molar refractivity (Wildman–Crippen MR) is 90.4 cm³/mol. The molecule has 0 aromatic heterocycles. The lowest BCUT2D eigenvalue weighted by Crippen LogP contribution is -2.51. The van der Waals surface area contributed by atoms with E-state index in [1.807, 2.05) is 0 Å². The van der Waals surface area contributed by atoms with E-state index in [2.05, 4.69) is 11.8 Å². The van der Waals surface area contributed by atoms with Gasteiger partial charge in [-0.15, -0.1) is 0 Å². The first-order chi connectivity index (χ1) is 11.5. The number of likely N-dealkylation sites (tertiary alicyclic amines) is 1. The molecule has 1 heterocycles. The molecule has 1 amide bonds. The highest BCUT2D eigenvalue weighted by Crippen LogP contribution is 2.22. The number of halogens is 1. The third-order valence-corrected chi connectivity index (χ3v) is 4.67. The summed E-state index contributed by atoms with van der Waals surface area (Å²) in [6, 6.07) is 6.58. The second-order valence-electron chi connectivity index (χ2n) is 6.38. The topological polar surface area (TPSA) is 53.0 Å². The first-order valence-corrected chi connectivity index (χ1v) is 8.50. The molecule has 1 aromatic carbocycles. The summed E-state index contributed by atoms with van der Waals surface area (Å²) in [5, 5.41) is 9.50. The monoisotopic (exact) mass is 338 g/mol. The van der Waals surface area contributed by atoms with Crippen LogP contribution in [0, 0.1) is 5.82 Å². The third kappa shape index (κ3) is 4.92. The number of aliphatic hydroxyl groups excluding tert-OH is 1. The van der Waals surface area contributed by atoms with Crippen LogP contribution in [0.4, 0.5) is 4.39 Å². The summed E-state index contributed by atoms with van der Waals surface area (Å²) in [5.74, 6) is -0.220. The van der Waals surface area contributed by atoms with Crippen LogP contribution in [0.2, 0.25) is 0 Å². The summed E-state index contributed by atoms with van der Waals surface area (Å²) in [4.78, 5) is 16.1. The number of carbonyl (C=O) groups excluding carboxylic acids is 1.